The topological polar surface area (TPSA) is 40.6 Å². The molecule has 2 fully saturated rings. The summed E-state index contributed by atoms with van der Waals surface area (Å²) in [5.74, 6) is 0.760. The molecule has 4 rings (SSSR count). The van der Waals surface area contributed by atoms with Crippen molar-refractivity contribution in [2.75, 3.05) is 26.2 Å². The predicted octanol–water partition coefficient (Wildman–Crippen LogP) is 2.97. The number of benzene rings is 1. The predicted molar refractivity (Wildman–Crippen MR) is 97.2 cm³/mol. The van der Waals surface area contributed by atoms with Gasteiger partial charge in [-0.15, -0.1) is 0 Å². The van der Waals surface area contributed by atoms with Gasteiger partial charge in [0, 0.05) is 32.1 Å². The SMILES string of the molecule is O=C(C1CCN(C(=O)[C@H]2CCc3ccccc32)CC1)N1CCCCC1. The summed E-state index contributed by atoms with van der Waals surface area (Å²) in [5, 5.41) is 0. The second-order valence-corrected chi connectivity index (χ2v) is 7.78. The van der Waals surface area contributed by atoms with Crippen LogP contribution in [0, 0.1) is 5.92 Å². The Morgan fingerprint density at radius 1 is 0.800 bits per heavy atom. The minimum absolute atomic E-state index is 0.0329. The molecular formula is C21H28N2O2. The number of carbonyl (C=O) groups excluding carboxylic acids is 2. The molecule has 0 N–H and O–H groups in total. The van der Waals surface area contributed by atoms with Crippen LogP contribution in [0.1, 0.15) is 55.6 Å². The van der Waals surface area contributed by atoms with Gasteiger partial charge in [-0.1, -0.05) is 24.3 Å². The van der Waals surface area contributed by atoms with Gasteiger partial charge in [0.15, 0.2) is 0 Å². The molecule has 2 heterocycles. The lowest BCUT2D eigenvalue weighted by atomic mass is 9.92. The Bertz CT molecular complexity index is 643. The third-order valence-electron chi connectivity index (χ3n) is 6.25. The lowest BCUT2D eigenvalue weighted by Crippen LogP contribution is -2.46. The number of hydrogen-bond donors (Lipinski definition) is 0. The molecule has 25 heavy (non-hydrogen) atoms. The fourth-order valence-electron chi connectivity index (χ4n) is 4.75. The number of aryl methyl sites for hydroxylation is 1. The van der Waals surface area contributed by atoms with E-state index < -0.39 is 0 Å². The molecular weight excluding hydrogens is 312 g/mol. The maximum atomic E-state index is 13.0. The van der Waals surface area contributed by atoms with Crippen LogP contribution in [0.4, 0.5) is 0 Å². The summed E-state index contributed by atoms with van der Waals surface area (Å²) in [6.45, 7) is 3.33. The molecule has 0 aromatic heterocycles. The van der Waals surface area contributed by atoms with Gasteiger partial charge in [-0.2, -0.15) is 0 Å². The van der Waals surface area contributed by atoms with Crippen LogP contribution in [0.15, 0.2) is 24.3 Å². The van der Waals surface area contributed by atoms with Crippen LogP contribution < -0.4 is 0 Å². The number of fused-ring (bicyclic) bond motifs is 1. The van der Waals surface area contributed by atoms with Crippen LogP contribution >= 0.6 is 0 Å². The molecule has 0 saturated carbocycles. The quantitative estimate of drug-likeness (QED) is 0.830. The Morgan fingerprint density at radius 3 is 2.24 bits per heavy atom. The smallest absolute Gasteiger partial charge is 0.230 e. The number of carbonyl (C=O) groups is 2. The largest absolute Gasteiger partial charge is 0.342 e. The monoisotopic (exact) mass is 340 g/mol. The zero-order valence-corrected chi connectivity index (χ0v) is 15.0. The molecule has 0 unspecified atom stereocenters. The van der Waals surface area contributed by atoms with E-state index >= 15 is 0 Å². The fraction of sp³-hybridized carbons (Fsp3) is 0.619. The Balaban J connectivity index is 1.34. The van der Waals surface area contributed by atoms with Crippen LogP contribution in [0.2, 0.25) is 0 Å². The van der Waals surface area contributed by atoms with E-state index in [9.17, 15) is 9.59 Å². The maximum absolute atomic E-state index is 13.0. The molecule has 134 valence electrons. The van der Waals surface area contributed by atoms with Crippen molar-refractivity contribution in [3.05, 3.63) is 35.4 Å². The highest BCUT2D eigenvalue weighted by Crippen LogP contribution is 2.35. The second-order valence-electron chi connectivity index (χ2n) is 7.78. The minimum Gasteiger partial charge on any atom is -0.342 e. The van der Waals surface area contributed by atoms with Crippen LogP contribution in [0.5, 0.6) is 0 Å². The lowest BCUT2D eigenvalue weighted by Gasteiger charge is -2.36. The molecule has 0 radical (unpaired) electrons. The van der Waals surface area contributed by atoms with Crippen molar-refractivity contribution in [2.45, 2.75) is 50.9 Å². The first-order chi connectivity index (χ1) is 12.2. The molecule has 1 atom stereocenters. The lowest BCUT2D eigenvalue weighted by molar-refractivity contribution is -0.142. The molecule has 1 aromatic carbocycles. The molecule has 1 aromatic rings. The van der Waals surface area contributed by atoms with E-state index in [1.54, 1.807) is 0 Å². The van der Waals surface area contributed by atoms with Crippen molar-refractivity contribution in [2.24, 2.45) is 5.92 Å². The number of piperidine rings is 2. The highest BCUT2D eigenvalue weighted by Gasteiger charge is 2.35. The standard InChI is InChI=1S/C21H28N2O2/c24-20(22-12-4-1-5-13-22)17-10-14-23(15-11-17)21(25)19-9-8-16-6-2-3-7-18(16)19/h2-3,6-7,17,19H,1,4-5,8-15H2/t19-/m0/s1. The number of nitrogens with zero attached hydrogens (tertiary/aromatic N) is 2. The third kappa shape index (κ3) is 3.31. The normalized spacial score (nSPS) is 24.2. The van der Waals surface area contributed by atoms with E-state index in [1.165, 1.54) is 17.5 Å². The van der Waals surface area contributed by atoms with Crippen molar-refractivity contribution >= 4 is 11.8 Å². The molecule has 4 nitrogen and oxygen atoms in total. The molecule has 1 aliphatic carbocycles. The molecule has 2 saturated heterocycles. The van der Waals surface area contributed by atoms with Crippen LogP contribution in [0.25, 0.3) is 0 Å². The van der Waals surface area contributed by atoms with Gasteiger partial charge in [0.05, 0.1) is 5.92 Å². The van der Waals surface area contributed by atoms with E-state index in [1.807, 2.05) is 11.0 Å². The van der Waals surface area contributed by atoms with Crippen LogP contribution in [-0.2, 0) is 16.0 Å². The molecule has 2 amide bonds. The van der Waals surface area contributed by atoms with E-state index in [2.05, 4.69) is 23.1 Å². The minimum atomic E-state index is 0.0329. The number of hydrogen-bond acceptors (Lipinski definition) is 2. The first-order valence-corrected chi connectivity index (χ1v) is 9.89. The Kier molecular flexibility index (Phi) is 4.78. The summed E-state index contributed by atoms with van der Waals surface area (Å²) in [6, 6.07) is 8.35. The fourth-order valence-corrected chi connectivity index (χ4v) is 4.75. The van der Waals surface area contributed by atoms with E-state index in [-0.39, 0.29) is 17.7 Å². The maximum Gasteiger partial charge on any atom is 0.230 e. The number of likely N-dealkylation sites (tertiary alicyclic amines) is 2. The first kappa shape index (κ1) is 16.6. The van der Waals surface area contributed by atoms with Gasteiger partial charge in [0.25, 0.3) is 0 Å². The first-order valence-electron chi connectivity index (χ1n) is 9.89. The highest BCUT2D eigenvalue weighted by atomic mass is 16.2. The number of amides is 2. The Hall–Kier alpha value is -1.84. The van der Waals surface area contributed by atoms with Crippen LogP contribution in [-0.4, -0.2) is 47.8 Å². The average molecular weight is 340 g/mol. The van der Waals surface area contributed by atoms with Gasteiger partial charge in [0.2, 0.25) is 11.8 Å². The molecule has 2 aliphatic heterocycles. The summed E-state index contributed by atoms with van der Waals surface area (Å²) < 4.78 is 0. The Morgan fingerprint density at radius 2 is 1.48 bits per heavy atom. The molecule has 0 spiro atoms. The van der Waals surface area contributed by atoms with Crippen molar-refractivity contribution in [1.82, 2.24) is 9.80 Å². The zero-order valence-electron chi connectivity index (χ0n) is 15.0. The van der Waals surface area contributed by atoms with Gasteiger partial charge < -0.3 is 9.80 Å². The van der Waals surface area contributed by atoms with Gasteiger partial charge >= 0.3 is 0 Å². The van der Waals surface area contributed by atoms with E-state index in [0.717, 1.165) is 64.7 Å². The average Bonchev–Trinajstić information content (AvgIpc) is 3.12. The van der Waals surface area contributed by atoms with Gasteiger partial charge in [-0.25, -0.2) is 0 Å². The highest BCUT2D eigenvalue weighted by molar-refractivity contribution is 5.85. The van der Waals surface area contributed by atoms with E-state index in [0.29, 0.717) is 5.91 Å². The van der Waals surface area contributed by atoms with Crippen LogP contribution in [0.3, 0.4) is 0 Å². The molecule has 3 aliphatic rings. The summed E-state index contributed by atoms with van der Waals surface area (Å²) in [4.78, 5) is 29.7. The number of rotatable bonds is 2. The van der Waals surface area contributed by atoms with Crippen molar-refractivity contribution in [3.63, 3.8) is 0 Å². The van der Waals surface area contributed by atoms with Gasteiger partial charge in [-0.05, 0) is 56.1 Å². The molecule has 0 bridgehead atoms. The third-order valence-corrected chi connectivity index (χ3v) is 6.25. The van der Waals surface area contributed by atoms with Crippen molar-refractivity contribution in [1.29, 1.82) is 0 Å². The summed E-state index contributed by atoms with van der Waals surface area (Å²) in [7, 11) is 0. The van der Waals surface area contributed by atoms with Gasteiger partial charge in [0.1, 0.15) is 0 Å². The second kappa shape index (κ2) is 7.19. The summed E-state index contributed by atoms with van der Waals surface area (Å²) >= 11 is 0. The van der Waals surface area contributed by atoms with Crippen molar-refractivity contribution < 1.29 is 9.59 Å². The van der Waals surface area contributed by atoms with E-state index in [4.69, 9.17) is 0 Å². The van der Waals surface area contributed by atoms with Crippen molar-refractivity contribution in [3.8, 4) is 0 Å². The zero-order chi connectivity index (χ0) is 17.2. The molecule has 4 heteroatoms. The Labute approximate surface area is 150 Å². The summed E-state index contributed by atoms with van der Waals surface area (Å²) in [5.41, 5.74) is 2.55. The summed E-state index contributed by atoms with van der Waals surface area (Å²) in [6.07, 6.45) is 7.14. The van der Waals surface area contributed by atoms with Gasteiger partial charge in [-0.3, -0.25) is 9.59 Å².